The number of ether oxygens (including phenoxy) is 1. The predicted molar refractivity (Wildman–Crippen MR) is 81.9 cm³/mol. The topological polar surface area (TPSA) is 55.6 Å². The number of piperidine rings is 1. The fourth-order valence-electron chi connectivity index (χ4n) is 3.50. The summed E-state index contributed by atoms with van der Waals surface area (Å²) in [6.07, 6.45) is 4.58. The Hall–Kier alpha value is -1.39. The first-order chi connectivity index (χ1) is 10.3. The Labute approximate surface area is 126 Å². The van der Waals surface area contributed by atoms with E-state index in [0.717, 1.165) is 25.8 Å². The summed E-state index contributed by atoms with van der Waals surface area (Å²) in [6, 6.07) is 8.51. The number of nitrogens with zero attached hydrogens (tertiary/aromatic N) is 1. The van der Waals surface area contributed by atoms with Gasteiger partial charge in [0, 0.05) is 19.1 Å². The average molecular weight is 288 g/mol. The fourth-order valence-corrected chi connectivity index (χ4v) is 3.50. The number of carbonyl (C=O) groups excluding carboxylic acids is 1. The van der Waals surface area contributed by atoms with Crippen LogP contribution in [0.5, 0.6) is 0 Å². The highest BCUT2D eigenvalue weighted by molar-refractivity contribution is 5.77. The third kappa shape index (κ3) is 3.11. The fraction of sp³-hybridized carbons (Fsp3) is 0.588. The molecule has 0 saturated carbocycles. The lowest BCUT2D eigenvalue weighted by Crippen LogP contribution is -2.47. The van der Waals surface area contributed by atoms with Crippen molar-refractivity contribution in [3.63, 3.8) is 0 Å². The van der Waals surface area contributed by atoms with Crippen LogP contribution in [0.25, 0.3) is 0 Å². The van der Waals surface area contributed by atoms with Gasteiger partial charge in [-0.25, -0.2) is 0 Å². The Morgan fingerprint density at radius 1 is 1.33 bits per heavy atom. The molecule has 0 radical (unpaired) electrons. The van der Waals surface area contributed by atoms with E-state index in [1.807, 2.05) is 11.0 Å². The van der Waals surface area contributed by atoms with Crippen molar-refractivity contribution in [3.8, 4) is 0 Å². The molecule has 2 atom stereocenters. The molecule has 1 aromatic rings. The first-order valence-electron chi connectivity index (χ1n) is 7.98. The number of fused-ring (bicyclic) bond motifs is 1. The van der Waals surface area contributed by atoms with E-state index in [9.17, 15) is 4.79 Å². The highest BCUT2D eigenvalue weighted by Crippen LogP contribution is 2.30. The Kier molecular flexibility index (Phi) is 4.56. The van der Waals surface area contributed by atoms with Gasteiger partial charge in [-0.05, 0) is 36.8 Å². The summed E-state index contributed by atoms with van der Waals surface area (Å²) >= 11 is 0. The van der Waals surface area contributed by atoms with Gasteiger partial charge in [-0.15, -0.1) is 0 Å². The van der Waals surface area contributed by atoms with Crippen LogP contribution in [0.4, 0.5) is 0 Å². The number of hydrogen-bond donors (Lipinski definition) is 1. The summed E-state index contributed by atoms with van der Waals surface area (Å²) in [7, 11) is 0. The van der Waals surface area contributed by atoms with Crippen molar-refractivity contribution in [1.29, 1.82) is 0 Å². The predicted octanol–water partition coefficient (Wildman–Crippen LogP) is 2.03. The molecule has 1 aromatic carbocycles. The SMILES string of the molecule is NC[C@H]1CCCCN1C(=O)C[C@@H]1OCCc2ccccc21. The molecular formula is C17H24N2O2. The molecule has 1 fully saturated rings. The van der Waals surface area contributed by atoms with Gasteiger partial charge < -0.3 is 15.4 Å². The van der Waals surface area contributed by atoms with Crippen LogP contribution in [0.3, 0.4) is 0 Å². The highest BCUT2D eigenvalue weighted by atomic mass is 16.5. The van der Waals surface area contributed by atoms with Gasteiger partial charge in [0.05, 0.1) is 19.1 Å². The molecule has 0 unspecified atom stereocenters. The van der Waals surface area contributed by atoms with Crippen molar-refractivity contribution >= 4 is 5.91 Å². The smallest absolute Gasteiger partial charge is 0.225 e. The summed E-state index contributed by atoms with van der Waals surface area (Å²) in [5.74, 6) is 0.187. The minimum atomic E-state index is -0.0946. The van der Waals surface area contributed by atoms with Gasteiger partial charge in [0.2, 0.25) is 5.91 Å². The van der Waals surface area contributed by atoms with Crippen LogP contribution in [0.2, 0.25) is 0 Å². The number of likely N-dealkylation sites (tertiary alicyclic amines) is 1. The Morgan fingerprint density at radius 3 is 3.05 bits per heavy atom. The van der Waals surface area contributed by atoms with Crippen LogP contribution in [0.15, 0.2) is 24.3 Å². The van der Waals surface area contributed by atoms with Gasteiger partial charge in [-0.3, -0.25) is 4.79 Å². The number of carbonyl (C=O) groups is 1. The summed E-state index contributed by atoms with van der Waals surface area (Å²) in [5.41, 5.74) is 8.31. The normalized spacial score (nSPS) is 25.5. The van der Waals surface area contributed by atoms with Crippen LogP contribution >= 0.6 is 0 Å². The average Bonchev–Trinajstić information content (AvgIpc) is 2.55. The quantitative estimate of drug-likeness (QED) is 0.926. The van der Waals surface area contributed by atoms with Gasteiger partial charge in [0.1, 0.15) is 0 Å². The van der Waals surface area contributed by atoms with Crippen LogP contribution in [-0.4, -0.2) is 36.5 Å². The molecule has 0 aromatic heterocycles. The van der Waals surface area contributed by atoms with Crippen LogP contribution in [0.1, 0.15) is 42.9 Å². The molecule has 114 valence electrons. The molecular weight excluding hydrogens is 264 g/mol. The molecule has 0 aliphatic carbocycles. The molecule has 0 spiro atoms. The summed E-state index contributed by atoms with van der Waals surface area (Å²) in [4.78, 5) is 14.6. The second kappa shape index (κ2) is 6.58. The second-order valence-electron chi connectivity index (χ2n) is 5.98. The maximum absolute atomic E-state index is 12.6. The van der Waals surface area contributed by atoms with Crippen LogP contribution < -0.4 is 5.73 Å². The number of nitrogens with two attached hydrogens (primary N) is 1. The minimum absolute atomic E-state index is 0.0946. The lowest BCUT2D eigenvalue weighted by atomic mass is 9.94. The van der Waals surface area contributed by atoms with Gasteiger partial charge in [-0.1, -0.05) is 24.3 Å². The van der Waals surface area contributed by atoms with Gasteiger partial charge in [0.25, 0.3) is 0 Å². The third-order valence-corrected chi connectivity index (χ3v) is 4.67. The molecule has 4 nitrogen and oxygen atoms in total. The number of benzene rings is 1. The van der Waals surface area contributed by atoms with Gasteiger partial charge in [-0.2, -0.15) is 0 Å². The van der Waals surface area contributed by atoms with E-state index in [0.29, 0.717) is 19.6 Å². The number of rotatable bonds is 3. The van der Waals surface area contributed by atoms with E-state index in [2.05, 4.69) is 18.2 Å². The van der Waals surface area contributed by atoms with Crippen molar-refractivity contribution in [2.45, 2.75) is 44.2 Å². The third-order valence-electron chi connectivity index (χ3n) is 4.67. The minimum Gasteiger partial charge on any atom is -0.373 e. The van der Waals surface area contributed by atoms with E-state index in [-0.39, 0.29) is 18.1 Å². The number of hydrogen-bond acceptors (Lipinski definition) is 3. The molecule has 0 bridgehead atoms. The molecule has 1 amide bonds. The molecule has 3 rings (SSSR count). The summed E-state index contributed by atoms with van der Waals surface area (Å²) in [5, 5.41) is 0. The molecule has 1 saturated heterocycles. The molecule has 2 N–H and O–H groups in total. The highest BCUT2D eigenvalue weighted by Gasteiger charge is 2.29. The molecule has 21 heavy (non-hydrogen) atoms. The Balaban J connectivity index is 1.70. The molecule has 2 aliphatic rings. The molecule has 4 heteroatoms. The largest absolute Gasteiger partial charge is 0.373 e. The number of amides is 1. The van der Waals surface area contributed by atoms with Crippen LogP contribution in [-0.2, 0) is 16.0 Å². The standard InChI is InChI=1S/C17H24N2O2/c18-12-14-6-3-4-9-19(14)17(20)11-16-15-7-2-1-5-13(15)8-10-21-16/h1-2,5,7,14,16H,3-4,6,8-12,18H2/t14-,16+/m1/s1. The Morgan fingerprint density at radius 2 is 2.19 bits per heavy atom. The zero-order chi connectivity index (χ0) is 14.7. The second-order valence-corrected chi connectivity index (χ2v) is 5.98. The monoisotopic (exact) mass is 288 g/mol. The van der Waals surface area contributed by atoms with Crippen molar-refractivity contribution in [1.82, 2.24) is 4.90 Å². The molecule has 2 aliphatic heterocycles. The van der Waals surface area contributed by atoms with E-state index >= 15 is 0 Å². The van der Waals surface area contributed by atoms with Gasteiger partial charge >= 0.3 is 0 Å². The van der Waals surface area contributed by atoms with Crippen molar-refractivity contribution < 1.29 is 9.53 Å². The van der Waals surface area contributed by atoms with E-state index in [1.165, 1.54) is 17.5 Å². The first-order valence-corrected chi connectivity index (χ1v) is 7.98. The van der Waals surface area contributed by atoms with Crippen molar-refractivity contribution in [2.24, 2.45) is 5.73 Å². The van der Waals surface area contributed by atoms with E-state index in [1.54, 1.807) is 0 Å². The summed E-state index contributed by atoms with van der Waals surface area (Å²) < 4.78 is 5.86. The van der Waals surface area contributed by atoms with E-state index in [4.69, 9.17) is 10.5 Å². The maximum Gasteiger partial charge on any atom is 0.225 e. The van der Waals surface area contributed by atoms with Crippen molar-refractivity contribution in [2.75, 3.05) is 19.7 Å². The van der Waals surface area contributed by atoms with E-state index < -0.39 is 0 Å². The lowest BCUT2D eigenvalue weighted by Gasteiger charge is -2.36. The zero-order valence-corrected chi connectivity index (χ0v) is 12.5. The lowest BCUT2D eigenvalue weighted by molar-refractivity contribution is -0.138. The van der Waals surface area contributed by atoms with Crippen molar-refractivity contribution in [3.05, 3.63) is 35.4 Å². The van der Waals surface area contributed by atoms with Gasteiger partial charge in [0.15, 0.2) is 0 Å². The molecule has 2 heterocycles. The Bertz CT molecular complexity index is 503. The summed E-state index contributed by atoms with van der Waals surface area (Å²) in [6.45, 7) is 2.11. The van der Waals surface area contributed by atoms with Crippen LogP contribution in [0, 0.1) is 0 Å². The first kappa shape index (κ1) is 14.5. The maximum atomic E-state index is 12.6. The zero-order valence-electron chi connectivity index (χ0n) is 12.5.